The number of nitrogens with one attached hydrogen (secondary N) is 1. The van der Waals surface area contributed by atoms with Gasteiger partial charge in [0.05, 0.1) is 25.5 Å². The molecule has 0 aliphatic heterocycles. The second-order valence-electron chi connectivity index (χ2n) is 6.06. The molecule has 156 valence electrons. The molecule has 0 unspecified atom stereocenters. The Morgan fingerprint density at radius 2 is 1.70 bits per heavy atom. The number of nitrogens with zero attached hydrogens (tertiary/aromatic N) is 3. The summed E-state index contributed by atoms with van der Waals surface area (Å²) in [5.74, 6) is -0.215. The highest BCUT2D eigenvalue weighted by atomic mass is 32.2. The van der Waals surface area contributed by atoms with Crippen LogP contribution in [0.3, 0.4) is 0 Å². The summed E-state index contributed by atoms with van der Waals surface area (Å²) in [6.45, 7) is 0. The maximum Gasteiger partial charge on any atom is 0.228 e. The lowest BCUT2D eigenvalue weighted by Crippen LogP contribution is -2.14. The summed E-state index contributed by atoms with van der Waals surface area (Å²) < 4.78 is 38.8. The van der Waals surface area contributed by atoms with Gasteiger partial charge in [-0.1, -0.05) is 30.3 Å². The van der Waals surface area contributed by atoms with Gasteiger partial charge in [0.25, 0.3) is 0 Å². The van der Waals surface area contributed by atoms with E-state index in [1.165, 1.54) is 44.6 Å². The van der Waals surface area contributed by atoms with Crippen LogP contribution in [0.2, 0.25) is 0 Å². The van der Waals surface area contributed by atoms with E-state index in [0.717, 1.165) is 5.56 Å². The lowest BCUT2D eigenvalue weighted by atomic mass is 10.1. The number of benzene rings is 2. The van der Waals surface area contributed by atoms with Crippen LogP contribution in [0.25, 0.3) is 4.72 Å². The van der Waals surface area contributed by atoms with E-state index in [0.29, 0.717) is 5.69 Å². The van der Waals surface area contributed by atoms with Gasteiger partial charge >= 0.3 is 0 Å². The number of carbonyl (C=O) groups excluding carboxylic acids is 1. The summed E-state index contributed by atoms with van der Waals surface area (Å²) in [5.41, 5.74) is 1.35. The smallest absolute Gasteiger partial charge is 0.228 e. The van der Waals surface area contributed by atoms with Gasteiger partial charge < -0.3 is 24.5 Å². The van der Waals surface area contributed by atoms with Gasteiger partial charge in [-0.05, 0) is 35.6 Å². The molecule has 9 nitrogen and oxygen atoms in total. The first-order valence-electron chi connectivity index (χ1n) is 8.78. The third-order valence-corrected chi connectivity index (χ3v) is 5.21. The van der Waals surface area contributed by atoms with Crippen LogP contribution in [0.5, 0.6) is 11.9 Å². The van der Waals surface area contributed by atoms with Crippen LogP contribution in [0, 0.1) is 0 Å². The lowest BCUT2D eigenvalue weighted by Gasteiger charge is -2.17. The second kappa shape index (κ2) is 9.23. The van der Waals surface area contributed by atoms with Crippen LogP contribution < -0.4 is 14.8 Å². The van der Waals surface area contributed by atoms with Gasteiger partial charge in [0, 0.05) is 11.8 Å². The van der Waals surface area contributed by atoms with E-state index in [1.807, 2.05) is 30.3 Å². The van der Waals surface area contributed by atoms with Crippen molar-refractivity contribution in [3.63, 3.8) is 0 Å². The molecule has 30 heavy (non-hydrogen) atoms. The van der Waals surface area contributed by atoms with Gasteiger partial charge in [0.15, 0.2) is 0 Å². The predicted molar refractivity (Wildman–Crippen MR) is 111 cm³/mol. The number of aromatic nitrogens is 2. The largest absolute Gasteiger partial charge is 0.483 e. The lowest BCUT2D eigenvalue weighted by molar-refractivity contribution is -0.115. The predicted octanol–water partition coefficient (Wildman–Crippen LogP) is 3.07. The van der Waals surface area contributed by atoms with E-state index in [-0.39, 0.29) is 34.9 Å². The average molecular weight is 427 g/mol. The number of ether oxygens (including phenoxy) is 2. The number of sulfonamides is 1. The quantitative estimate of drug-likeness (QED) is 0.586. The fraction of sp³-hybridized carbons (Fsp3) is 0.150. The topological polar surface area (TPSA) is 122 Å². The van der Waals surface area contributed by atoms with Crippen LogP contribution in [0.1, 0.15) is 5.56 Å². The Labute approximate surface area is 174 Å². The third kappa shape index (κ3) is 5.45. The summed E-state index contributed by atoms with van der Waals surface area (Å²) in [5, 5.41) is 2.73. The number of rotatable bonds is 8. The van der Waals surface area contributed by atoms with Crippen LogP contribution in [-0.4, -0.2) is 38.5 Å². The van der Waals surface area contributed by atoms with E-state index >= 15 is 0 Å². The maximum atomic E-state index is 12.6. The van der Waals surface area contributed by atoms with Crippen molar-refractivity contribution < 1.29 is 22.7 Å². The Morgan fingerprint density at radius 3 is 2.33 bits per heavy atom. The SMILES string of the molecule is COc1cc([N-]S(=O)(=O)c2ccc(NC(=O)Cc3ccccc3)cc2)nc(OC)n1. The van der Waals surface area contributed by atoms with Crippen LogP contribution in [0.4, 0.5) is 11.5 Å². The Balaban J connectivity index is 1.69. The summed E-state index contributed by atoms with van der Waals surface area (Å²) >= 11 is 0. The third-order valence-electron chi connectivity index (χ3n) is 3.92. The molecule has 0 aliphatic rings. The molecule has 1 heterocycles. The molecule has 0 saturated carbocycles. The fourth-order valence-corrected chi connectivity index (χ4v) is 3.43. The number of hydrogen-bond acceptors (Lipinski definition) is 7. The summed E-state index contributed by atoms with van der Waals surface area (Å²) in [6.07, 6.45) is 0.216. The summed E-state index contributed by atoms with van der Waals surface area (Å²) in [7, 11) is -1.32. The van der Waals surface area contributed by atoms with E-state index in [9.17, 15) is 13.2 Å². The molecule has 0 bridgehead atoms. The number of methoxy groups -OCH3 is 2. The van der Waals surface area contributed by atoms with E-state index in [4.69, 9.17) is 9.47 Å². The van der Waals surface area contributed by atoms with E-state index < -0.39 is 10.0 Å². The Hall–Kier alpha value is -3.66. The normalized spacial score (nSPS) is 10.9. The van der Waals surface area contributed by atoms with E-state index in [1.54, 1.807) is 0 Å². The van der Waals surface area contributed by atoms with Crippen molar-refractivity contribution in [2.75, 3.05) is 19.5 Å². The first-order valence-corrected chi connectivity index (χ1v) is 10.2. The van der Waals surface area contributed by atoms with Crippen LogP contribution in [0.15, 0.2) is 65.6 Å². The molecule has 1 amide bonds. The zero-order chi connectivity index (χ0) is 21.6. The molecular formula is C20H19N4O5S-. The van der Waals surface area contributed by atoms with Gasteiger partial charge in [-0.3, -0.25) is 4.79 Å². The highest BCUT2D eigenvalue weighted by Crippen LogP contribution is 2.30. The molecule has 0 aliphatic carbocycles. The molecule has 10 heteroatoms. The van der Waals surface area contributed by atoms with Crippen molar-refractivity contribution in [2.45, 2.75) is 11.3 Å². The first kappa shape index (κ1) is 21.1. The van der Waals surface area contributed by atoms with Crippen molar-refractivity contribution in [2.24, 2.45) is 0 Å². The van der Waals surface area contributed by atoms with Crippen LogP contribution >= 0.6 is 0 Å². The van der Waals surface area contributed by atoms with Crippen LogP contribution in [-0.2, 0) is 21.2 Å². The van der Waals surface area contributed by atoms with E-state index in [2.05, 4.69) is 20.0 Å². The van der Waals surface area contributed by atoms with Gasteiger partial charge in [0.2, 0.25) is 27.8 Å². The first-order chi connectivity index (χ1) is 14.4. The molecule has 0 fully saturated rings. The molecule has 0 radical (unpaired) electrons. The molecule has 2 aromatic carbocycles. The van der Waals surface area contributed by atoms with Crippen molar-refractivity contribution >= 4 is 27.4 Å². The minimum absolute atomic E-state index is 0.0555. The zero-order valence-corrected chi connectivity index (χ0v) is 17.1. The van der Waals surface area contributed by atoms with Crippen molar-refractivity contribution in [1.82, 2.24) is 9.97 Å². The highest BCUT2D eigenvalue weighted by molar-refractivity contribution is 7.94. The zero-order valence-electron chi connectivity index (χ0n) is 16.3. The fourth-order valence-electron chi connectivity index (χ4n) is 2.51. The minimum Gasteiger partial charge on any atom is -0.483 e. The Bertz CT molecular complexity index is 1100. The van der Waals surface area contributed by atoms with Gasteiger partial charge in [-0.25, -0.2) is 8.42 Å². The number of hydrogen-bond donors (Lipinski definition) is 1. The standard InChI is InChI=1S/C20H20N4O5S/c1-28-19-13-17(22-20(23-19)29-2)24-30(26,27)16-10-8-15(9-11-16)21-18(25)12-14-6-4-3-5-7-14/h3-11,13H,12H2,1-2H3,(H2,21,22,23,24,25)/p-1. The van der Waals surface area contributed by atoms with Crippen molar-refractivity contribution in [3.8, 4) is 11.9 Å². The minimum atomic E-state index is -4.05. The molecule has 3 rings (SSSR count). The average Bonchev–Trinajstić information content (AvgIpc) is 2.74. The number of amides is 1. The number of carbonyl (C=O) groups is 1. The molecule has 0 atom stereocenters. The molecule has 1 aromatic heterocycles. The van der Waals surface area contributed by atoms with Crippen molar-refractivity contribution in [1.29, 1.82) is 0 Å². The molecule has 0 spiro atoms. The Morgan fingerprint density at radius 1 is 1.00 bits per heavy atom. The summed E-state index contributed by atoms with van der Waals surface area (Å²) in [4.78, 5) is 19.9. The van der Waals surface area contributed by atoms with Gasteiger partial charge in [-0.2, -0.15) is 4.98 Å². The highest BCUT2D eigenvalue weighted by Gasteiger charge is 2.12. The molecule has 0 saturated heterocycles. The summed E-state index contributed by atoms with van der Waals surface area (Å²) in [6, 6.07) is 16.2. The second-order valence-corrected chi connectivity index (χ2v) is 7.66. The van der Waals surface area contributed by atoms with Gasteiger partial charge in [-0.15, -0.1) is 0 Å². The monoisotopic (exact) mass is 427 g/mol. The maximum absolute atomic E-state index is 12.6. The van der Waals surface area contributed by atoms with Gasteiger partial charge in [0.1, 0.15) is 0 Å². The number of anilines is 1. The molecule has 3 aromatic rings. The Kier molecular flexibility index (Phi) is 6.48. The van der Waals surface area contributed by atoms with Crippen molar-refractivity contribution in [3.05, 3.63) is 70.9 Å². The molecule has 1 N–H and O–H groups in total. The molecular weight excluding hydrogens is 408 g/mol.